The number of hydrogen-bond donors (Lipinski definition) is 1. The number of ether oxygens (including phenoxy) is 1. The van der Waals surface area contributed by atoms with E-state index < -0.39 is 0 Å². The molecular weight excluding hydrogens is 234 g/mol. The average molecular weight is 253 g/mol. The molecule has 19 heavy (non-hydrogen) atoms. The summed E-state index contributed by atoms with van der Waals surface area (Å²) < 4.78 is 5.15. The van der Waals surface area contributed by atoms with Gasteiger partial charge in [0.15, 0.2) is 0 Å². The van der Waals surface area contributed by atoms with Crippen molar-refractivity contribution < 1.29 is 4.74 Å². The summed E-state index contributed by atoms with van der Waals surface area (Å²) in [6.45, 7) is 6.21. The van der Waals surface area contributed by atoms with Gasteiger partial charge in [-0.15, -0.1) is 0 Å². The molecular formula is C17H19NO. The van der Waals surface area contributed by atoms with Gasteiger partial charge in [-0.05, 0) is 56.2 Å². The lowest BCUT2D eigenvalue weighted by molar-refractivity contribution is 0.415. The summed E-state index contributed by atoms with van der Waals surface area (Å²) in [6, 6.07) is 11.9. The maximum Gasteiger partial charge on any atom is 0.118 e. The van der Waals surface area contributed by atoms with Crippen molar-refractivity contribution >= 4 is 5.71 Å². The second kappa shape index (κ2) is 5.27. The standard InChI is InChI=1S/C17H19NO/c1-11-9-12(2)16(13(3)10-11)17(18)14-5-7-15(19-4)8-6-14/h5-10,18H,1-4H3. The SMILES string of the molecule is COc1ccc(C(=N)c2c(C)cc(C)cc2C)cc1. The summed E-state index contributed by atoms with van der Waals surface area (Å²) in [7, 11) is 1.65. The minimum absolute atomic E-state index is 0.567. The van der Waals surface area contributed by atoms with E-state index in [9.17, 15) is 0 Å². The van der Waals surface area contributed by atoms with Crippen molar-refractivity contribution in [3.8, 4) is 5.75 Å². The predicted molar refractivity (Wildman–Crippen MR) is 79.6 cm³/mol. The number of rotatable bonds is 3. The Morgan fingerprint density at radius 2 is 1.47 bits per heavy atom. The van der Waals surface area contributed by atoms with Crippen LogP contribution < -0.4 is 4.74 Å². The van der Waals surface area contributed by atoms with E-state index in [-0.39, 0.29) is 0 Å². The molecule has 2 nitrogen and oxygen atoms in total. The van der Waals surface area contributed by atoms with Crippen molar-refractivity contribution in [3.63, 3.8) is 0 Å². The van der Waals surface area contributed by atoms with Gasteiger partial charge in [-0.1, -0.05) is 17.7 Å². The highest BCUT2D eigenvalue weighted by atomic mass is 16.5. The van der Waals surface area contributed by atoms with Crippen molar-refractivity contribution in [1.29, 1.82) is 5.41 Å². The van der Waals surface area contributed by atoms with E-state index in [1.807, 2.05) is 24.3 Å². The largest absolute Gasteiger partial charge is 0.497 e. The third-order valence-electron chi connectivity index (χ3n) is 3.31. The van der Waals surface area contributed by atoms with Crippen LogP contribution in [-0.4, -0.2) is 12.8 Å². The number of methoxy groups -OCH3 is 1. The highest BCUT2D eigenvalue weighted by Gasteiger charge is 2.11. The highest BCUT2D eigenvalue weighted by molar-refractivity contribution is 6.12. The van der Waals surface area contributed by atoms with Crippen LogP contribution >= 0.6 is 0 Å². The lowest BCUT2D eigenvalue weighted by Gasteiger charge is -2.13. The van der Waals surface area contributed by atoms with E-state index in [0.717, 1.165) is 28.0 Å². The molecule has 0 heterocycles. The van der Waals surface area contributed by atoms with Crippen LogP contribution in [0.15, 0.2) is 36.4 Å². The second-order valence-electron chi connectivity index (χ2n) is 4.88. The molecule has 0 saturated heterocycles. The van der Waals surface area contributed by atoms with Gasteiger partial charge in [0.2, 0.25) is 0 Å². The lowest BCUT2D eigenvalue weighted by atomic mass is 9.92. The molecule has 2 aromatic rings. The maximum absolute atomic E-state index is 8.41. The predicted octanol–water partition coefficient (Wildman–Crippen LogP) is 4.04. The quantitative estimate of drug-likeness (QED) is 0.823. The van der Waals surface area contributed by atoms with Crippen molar-refractivity contribution in [2.45, 2.75) is 20.8 Å². The number of hydrogen-bond acceptors (Lipinski definition) is 2. The lowest BCUT2D eigenvalue weighted by Crippen LogP contribution is -2.06. The van der Waals surface area contributed by atoms with Crippen LogP contribution in [0.2, 0.25) is 0 Å². The first-order valence-corrected chi connectivity index (χ1v) is 6.34. The van der Waals surface area contributed by atoms with Gasteiger partial charge in [0, 0.05) is 11.1 Å². The zero-order chi connectivity index (χ0) is 14.0. The van der Waals surface area contributed by atoms with Gasteiger partial charge in [-0.25, -0.2) is 0 Å². The summed E-state index contributed by atoms with van der Waals surface area (Å²) in [5.74, 6) is 0.814. The molecule has 0 aliphatic heterocycles. The third-order valence-corrected chi connectivity index (χ3v) is 3.31. The van der Waals surface area contributed by atoms with Crippen molar-refractivity contribution in [2.24, 2.45) is 0 Å². The van der Waals surface area contributed by atoms with Crippen molar-refractivity contribution in [1.82, 2.24) is 0 Å². The molecule has 0 saturated carbocycles. The molecule has 0 aliphatic rings. The fourth-order valence-electron chi connectivity index (χ4n) is 2.48. The fraction of sp³-hybridized carbons (Fsp3) is 0.235. The van der Waals surface area contributed by atoms with E-state index in [2.05, 4.69) is 32.9 Å². The monoisotopic (exact) mass is 253 g/mol. The Labute approximate surface area is 114 Å². The Hall–Kier alpha value is -2.09. The summed E-state index contributed by atoms with van der Waals surface area (Å²) in [5.41, 5.74) is 6.04. The van der Waals surface area contributed by atoms with Gasteiger partial charge in [-0.3, -0.25) is 5.41 Å². The zero-order valence-corrected chi connectivity index (χ0v) is 11.9. The Morgan fingerprint density at radius 1 is 0.947 bits per heavy atom. The molecule has 0 bridgehead atoms. The van der Waals surface area contributed by atoms with Crippen LogP contribution in [0.4, 0.5) is 0 Å². The van der Waals surface area contributed by atoms with Crippen molar-refractivity contribution in [3.05, 3.63) is 64.2 Å². The average Bonchev–Trinajstić information content (AvgIpc) is 2.37. The third kappa shape index (κ3) is 2.68. The molecule has 0 spiro atoms. The van der Waals surface area contributed by atoms with Crippen LogP contribution in [0.25, 0.3) is 0 Å². The Kier molecular flexibility index (Phi) is 3.70. The molecule has 2 heteroatoms. The van der Waals surface area contributed by atoms with Gasteiger partial charge in [0.25, 0.3) is 0 Å². The minimum Gasteiger partial charge on any atom is -0.497 e. The fourth-order valence-corrected chi connectivity index (χ4v) is 2.48. The van der Waals surface area contributed by atoms with Gasteiger partial charge < -0.3 is 4.74 Å². The molecule has 1 N–H and O–H groups in total. The van der Waals surface area contributed by atoms with Crippen LogP contribution in [0.1, 0.15) is 27.8 Å². The molecule has 0 atom stereocenters. The molecule has 0 aromatic heterocycles. The maximum atomic E-state index is 8.41. The number of aryl methyl sites for hydroxylation is 3. The van der Waals surface area contributed by atoms with Gasteiger partial charge in [-0.2, -0.15) is 0 Å². The van der Waals surface area contributed by atoms with E-state index in [1.54, 1.807) is 7.11 Å². The normalized spacial score (nSPS) is 10.3. The summed E-state index contributed by atoms with van der Waals surface area (Å²) in [6.07, 6.45) is 0. The van der Waals surface area contributed by atoms with Crippen LogP contribution in [0.3, 0.4) is 0 Å². The Bertz CT molecular complexity index is 589. The van der Waals surface area contributed by atoms with E-state index in [4.69, 9.17) is 10.1 Å². The first kappa shape index (κ1) is 13.3. The number of nitrogens with one attached hydrogen (secondary N) is 1. The molecule has 2 rings (SSSR count). The molecule has 0 amide bonds. The molecule has 0 radical (unpaired) electrons. The second-order valence-corrected chi connectivity index (χ2v) is 4.88. The summed E-state index contributed by atoms with van der Waals surface area (Å²) >= 11 is 0. The van der Waals surface area contributed by atoms with E-state index in [0.29, 0.717) is 5.71 Å². The van der Waals surface area contributed by atoms with Crippen LogP contribution in [0, 0.1) is 26.2 Å². The van der Waals surface area contributed by atoms with Crippen molar-refractivity contribution in [2.75, 3.05) is 7.11 Å². The summed E-state index contributed by atoms with van der Waals surface area (Å²) in [5, 5.41) is 8.41. The molecule has 0 aliphatic carbocycles. The highest BCUT2D eigenvalue weighted by Crippen LogP contribution is 2.21. The molecule has 0 unspecified atom stereocenters. The van der Waals surface area contributed by atoms with E-state index in [1.165, 1.54) is 5.56 Å². The van der Waals surface area contributed by atoms with Crippen LogP contribution in [-0.2, 0) is 0 Å². The Balaban J connectivity index is 2.44. The zero-order valence-electron chi connectivity index (χ0n) is 11.9. The van der Waals surface area contributed by atoms with E-state index >= 15 is 0 Å². The topological polar surface area (TPSA) is 33.1 Å². The smallest absolute Gasteiger partial charge is 0.118 e. The van der Waals surface area contributed by atoms with Crippen LogP contribution in [0.5, 0.6) is 5.75 Å². The van der Waals surface area contributed by atoms with Gasteiger partial charge in [0.1, 0.15) is 5.75 Å². The molecule has 2 aromatic carbocycles. The summed E-state index contributed by atoms with van der Waals surface area (Å²) in [4.78, 5) is 0. The van der Waals surface area contributed by atoms with Gasteiger partial charge >= 0.3 is 0 Å². The molecule has 98 valence electrons. The Morgan fingerprint density at radius 3 is 1.95 bits per heavy atom. The van der Waals surface area contributed by atoms with Gasteiger partial charge in [0.05, 0.1) is 12.8 Å². The number of benzene rings is 2. The first-order valence-electron chi connectivity index (χ1n) is 6.34. The molecule has 0 fully saturated rings. The first-order chi connectivity index (χ1) is 9.02. The minimum atomic E-state index is 0.567.